The molecular formula is C9H10IN5. The molecule has 2 N–H and O–H groups in total. The average molecular weight is 315 g/mol. The van der Waals surface area contributed by atoms with Gasteiger partial charge in [0, 0.05) is 11.8 Å². The molecule has 0 fully saturated rings. The van der Waals surface area contributed by atoms with E-state index < -0.39 is 0 Å². The van der Waals surface area contributed by atoms with E-state index in [1.807, 2.05) is 19.9 Å². The van der Waals surface area contributed by atoms with Crippen LogP contribution >= 0.6 is 22.6 Å². The predicted molar refractivity (Wildman–Crippen MR) is 65.8 cm³/mol. The lowest BCUT2D eigenvalue weighted by Gasteiger charge is -2.04. The third-order valence-electron chi connectivity index (χ3n) is 1.93. The van der Waals surface area contributed by atoms with E-state index in [9.17, 15) is 0 Å². The van der Waals surface area contributed by atoms with Crippen molar-refractivity contribution in [3.63, 3.8) is 0 Å². The van der Waals surface area contributed by atoms with Gasteiger partial charge in [0.15, 0.2) is 5.82 Å². The molecule has 6 heteroatoms. The minimum atomic E-state index is 0.605. The molecule has 2 heterocycles. The first-order chi connectivity index (χ1) is 7.08. The summed E-state index contributed by atoms with van der Waals surface area (Å²) in [5.41, 5.74) is 6.77. The maximum Gasteiger partial charge on any atom is 0.159 e. The number of anilines is 1. The van der Waals surface area contributed by atoms with Gasteiger partial charge in [0.05, 0.1) is 9.77 Å². The van der Waals surface area contributed by atoms with Gasteiger partial charge in [0.2, 0.25) is 0 Å². The van der Waals surface area contributed by atoms with Crippen molar-refractivity contribution in [2.45, 2.75) is 13.8 Å². The highest BCUT2D eigenvalue weighted by Gasteiger charge is 2.08. The predicted octanol–water partition coefficient (Wildman–Crippen LogP) is 1.47. The number of nitrogen functional groups attached to an aromatic ring is 1. The van der Waals surface area contributed by atoms with Gasteiger partial charge in [-0.25, -0.2) is 9.97 Å². The van der Waals surface area contributed by atoms with E-state index >= 15 is 0 Å². The van der Waals surface area contributed by atoms with Crippen LogP contribution < -0.4 is 5.73 Å². The highest BCUT2D eigenvalue weighted by atomic mass is 127. The van der Waals surface area contributed by atoms with Crippen LogP contribution in [0.3, 0.4) is 0 Å². The van der Waals surface area contributed by atoms with E-state index in [-0.39, 0.29) is 0 Å². The van der Waals surface area contributed by atoms with Gasteiger partial charge in [-0.2, -0.15) is 9.78 Å². The Hall–Kier alpha value is -1.18. The first-order valence-electron chi connectivity index (χ1n) is 4.39. The molecule has 0 saturated carbocycles. The first kappa shape index (κ1) is 10.3. The fourth-order valence-corrected chi connectivity index (χ4v) is 1.68. The quantitative estimate of drug-likeness (QED) is 0.809. The van der Waals surface area contributed by atoms with Gasteiger partial charge in [-0.1, -0.05) is 0 Å². The van der Waals surface area contributed by atoms with E-state index in [4.69, 9.17) is 5.73 Å². The number of aryl methyl sites for hydroxylation is 2. The smallest absolute Gasteiger partial charge is 0.159 e. The van der Waals surface area contributed by atoms with E-state index in [0.717, 1.165) is 15.1 Å². The number of rotatable bonds is 1. The molecule has 0 aromatic carbocycles. The molecule has 2 aromatic rings. The summed E-state index contributed by atoms with van der Waals surface area (Å²) in [6, 6.07) is 1.85. The molecule has 0 saturated heterocycles. The fourth-order valence-electron chi connectivity index (χ4n) is 1.33. The van der Waals surface area contributed by atoms with Crippen LogP contribution in [0.1, 0.15) is 11.5 Å². The Morgan fingerprint density at radius 1 is 1.33 bits per heavy atom. The van der Waals surface area contributed by atoms with Crippen molar-refractivity contribution in [3.8, 4) is 5.82 Å². The summed E-state index contributed by atoms with van der Waals surface area (Å²) < 4.78 is 2.53. The largest absolute Gasteiger partial charge is 0.383 e. The van der Waals surface area contributed by atoms with Crippen LogP contribution in [0.15, 0.2) is 12.3 Å². The lowest BCUT2D eigenvalue weighted by Crippen LogP contribution is -2.06. The van der Waals surface area contributed by atoms with Gasteiger partial charge in [-0.05, 0) is 36.4 Å². The van der Waals surface area contributed by atoms with E-state index in [1.165, 1.54) is 0 Å². The Morgan fingerprint density at radius 3 is 2.60 bits per heavy atom. The molecule has 0 atom stereocenters. The third kappa shape index (κ3) is 1.94. The number of nitrogens with zero attached hydrogens (tertiary/aromatic N) is 4. The van der Waals surface area contributed by atoms with Crippen molar-refractivity contribution in [1.29, 1.82) is 0 Å². The van der Waals surface area contributed by atoms with Crippen molar-refractivity contribution in [1.82, 2.24) is 19.7 Å². The summed E-state index contributed by atoms with van der Waals surface area (Å²) >= 11 is 2.14. The van der Waals surface area contributed by atoms with Gasteiger partial charge < -0.3 is 5.73 Å². The third-order valence-corrected chi connectivity index (χ3v) is 2.76. The van der Waals surface area contributed by atoms with Gasteiger partial charge in [0.1, 0.15) is 11.6 Å². The molecular weight excluding hydrogens is 305 g/mol. The van der Waals surface area contributed by atoms with E-state index in [1.54, 1.807) is 10.9 Å². The molecule has 5 nitrogen and oxygen atoms in total. The number of halogens is 1. The zero-order chi connectivity index (χ0) is 11.0. The molecule has 0 aliphatic carbocycles. The number of nitrogens with two attached hydrogens (primary N) is 1. The highest BCUT2D eigenvalue weighted by molar-refractivity contribution is 14.1. The van der Waals surface area contributed by atoms with E-state index in [2.05, 4.69) is 37.7 Å². The maximum atomic E-state index is 5.87. The second kappa shape index (κ2) is 3.76. The van der Waals surface area contributed by atoms with Crippen molar-refractivity contribution in [2.75, 3.05) is 5.73 Å². The van der Waals surface area contributed by atoms with Crippen LogP contribution in [0.4, 0.5) is 5.82 Å². The van der Waals surface area contributed by atoms with Crippen LogP contribution in [0.2, 0.25) is 0 Å². The van der Waals surface area contributed by atoms with Crippen LogP contribution in [0, 0.1) is 17.4 Å². The second-order valence-electron chi connectivity index (χ2n) is 3.20. The standard InChI is InChI=1S/C9H10IN5/c1-5-3-8(14-6(2)13-5)15-9(11)7(10)4-12-15/h3-4H,11H2,1-2H3. The van der Waals surface area contributed by atoms with Crippen LogP contribution in [-0.4, -0.2) is 19.7 Å². The average Bonchev–Trinajstić information content (AvgIpc) is 2.46. The van der Waals surface area contributed by atoms with Gasteiger partial charge in [0.25, 0.3) is 0 Å². The van der Waals surface area contributed by atoms with Crippen molar-refractivity contribution >= 4 is 28.4 Å². The molecule has 0 amide bonds. The molecule has 0 bridgehead atoms. The molecule has 78 valence electrons. The molecule has 15 heavy (non-hydrogen) atoms. The van der Waals surface area contributed by atoms with Crippen molar-refractivity contribution in [3.05, 3.63) is 27.4 Å². The van der Waals surface area contributed by atoms with E-state index in [0.29, 0.717) is 11.6 Å². The Bertz CT molecular complexity index is 485. The lowest BCUT2D eigenvalue weighted by molar-refractivity contribution is 0.831. The van der Waals surface area contributed by atoms with Crippen LogP contribution in [0.25, 0.3) is 5.82 Å². The first-order valence-corrected chi connectivity index (χ1v) is 5.47. The molecule has 0 unspecified atom stereocenters. The SMILES string of the molecule is Cc1cc(-n2ncc(I)c2N)nc(C)n1. The Morgan fingerprint density at radius 2 is 2.07 bits per heavy atom. The number of hydrogen-bond acceptors (Lipinski definition) is 4. The highest BCUT2D eigenvalue weighted by Crippen LogP contribution is 2.17. The molecule has 2 aromatic heterocycles. The topological polar surface area (TPSA) is 69.6 Å². The second-order valence-corrected chi connectivity index (χ2v) is 4.37. The lowest BCUT2D eigenvalue weighted by atomic mass is 10.4. The summed E-state index contributed by atoms with van der Waals surface area (Å²) in [6.45, 7) is 3.77. The van der Waals surface area contributed by atoms with Crippen molar-refractivity contribution < 1.29 is 0 Å². The molecule has 2 rings (SSSR count). The zero-order valence-electron chi connectivity index (χ0n) is 8.40. The summed E-state index contributed by atoms with van der Waals surface area (Å²) in [4.78, 5) is 8.49. The molecule has 0 aliphatic rings. The number of hydrogen-bond donors (Lipinski definition) is 1. The number of aromatic nitrogens is 4. The zero-order valence-corrected chi connectivity index (χ0v) is 10.6. The normalized spacial score (nSPS) is 10.6. The monoisotopic (exact) mass is 315 g/mol. The Kier molecular flexibility index (Phi) is 2.59. The minimum absolute atomic E-state index is 0.605. The van der Waals surface area contributed by atoms with Crippen LogP contribution in [-0.2, 0) is 0 Å². The van der Waals surface area contributed by atoms with Crippen molar-refractivity contribution in [2.24, 2.45) is 0 Å². The van der Waals surface area contributed by atoms with Gasteiger partial charge in [-0.3, -0.25) is 0 Å². The Labute approximate surface area is 101 Å². The van der Waals surface area contributed by atoms with Crippen LogP contribution in [0.5, 0.6) is 0 Å². The molecule has 0 radical (unpaired) electrons. The maximum absolute atomic E-state index is 5.87. The molecule has 0 spiro atoms. The minimum Gasteiger partial charge on any atom is -0.383 e. The molecule has 0 aliphatic heterocycles. The summed E-state index contributed by atoms with van der Waals surface area (Å²) in [5, 5.41) is 4.16. The summed E-state index contributed by atoms with van der Waals surface area (Å²) in [6.07, 6.45) is 1.71. The summed E-state index contributed by atoms with van der Waals surface area (Å²) in [7, 11) is 0. The van der Waals surface area contributed by atoms with Gasteiger partial charge in [-0.15, -0.1) is 0 Å². The Balaban J connectivity index is 2.58. The van der Waals surface area contributed by atoms with Gasteiger partial charge >= 0.3 is 0 Å². The summed E-state index contributed by atoms with van der Waals surface area (Å²) in [5.74, 6) is 2.03. The fraction of sp³-hybridized carbons (Fsp3) is 0.222.